The maximum Gasteiger partial charge on any atom is 0.252 e. The van der Waals surface area contributed by atoms with Crippen molar-refractivity contribution < 1.29 is 13.2 Å². The fourth-order valence-corrected chi connectivity index (χ4v) is 5.40. The predicted molar refractivity (Wildman–Crippen MR) is 115 cm³/mol. The fourth-order valence-electron chi connectivity index (χ4n) is 3.18. The van der Waals surface area contributed by atoms with E-state index in [-0.39, 0.29) is 16.5 Å². The third-order valence-electron chi connectivity index (χ3n) is 4.72. The molecule has 3 aromatic rings. The lowest BCUT2D eigenvalue weighted by Gasteiger charge is -2.19. The summed E-state index contributed by atoms with van der Waals surface area (Å²) < 4.78 is 27.1. The third-order valence-corrected chi connectivity index (χ3v) is 7.82. The van der Waals surface area contributed by atoms with Gasteiger partial charge in [-0.3, -0.25) is 9.59 Å². The molecular formula is C20H23N3O4S2. The number of rotatable bonds is 7. The van der Waals surface area contributed by atoms with Gasteiger partial charge < -0.3 is 10.3 Å². The smallest absolute Gasteiger partial charge is 0.252 e. The average Bonchev–Trinajstić information content (AvgIpc) is 3.22. The first-order chi connectivity index (χ1) is 13.8. The van der Waals surface area contributed by atoms with Gasteiger partial charge in [-0.25, -0.2) is 8.42 Å². The molecule has 0 saturated carbocycles. The number of benzene rings is 1. The molecule has 0 aliphatic rings. The van der Waals surface area contributed by atoms with E-state index in [0.29, 0.717) is 24.0 Å². The molecule has 0 spiro atoms. The van der Waals surface area contributed by atoms with Crippen LogP contribution in [0.25, 0.3) is 10.9 Å². The van der Waals surface area contributed by atoms with Crippen LogP contribution in [0.15, 0.2) is 51.5 Å². The normalized spacial score (nSPS) is 13.0. The van der Waals surface area contributed by atoms with Crippen molar-refractivity contribution in [2.75, 3.05) is 13.1 Å². The van der Waals surface area contributed by atoms with Crippen molar-refractivity contribution in [2.24, 2.45) is 0 Å². The number of hydrogen-bond acceptors (Lipinski definition) is 5. The number of pyridine rings is 1. The lowest BCUT2D eigenvalue weighted by molar-refractivity contribution is 0.0942. The Hall–Kier alpha value is -2.49. The molecule has 0 fully saturated rings. The third kappa shape index (κ3) is 4.26. The zero-order valence-corrected chi connectivity index (χ0v) is 18.1. The average molecular weight is 434 g/mol. The zero-order valence-electron chi connectivity index (χ0n) is 16.4. The predicted octanol–water partition coefficient (Wildman–Crippen LogP) is 3.11. The topological polar surface area (TPSA) is 99.3 Å². The number of aromatic nitrogens is 1. The maximum atomic E-state index is 12.9. The Morgan fingerprint density at radius 2 is 1.93 bits per heavy atom. The van der Waals surface area contributed by atoms with E-state index >= 15 is 0 Å². The molecule has 0 bridgehead atoms. The Labute approximate surface area is 173 Å². The van der Waals surface area contributed by atoms with E-state index in [1.54, 1.807) is 13.8 Å². The van der Waals surface area contributed by atoms with Gasteiger partial charge in [0.05, 0.1) is 16.5 Å². The number of amides is 1. The molecule has 0 saturated heterocycles. The van der Waals surface area contributed by atoms with Crippen molar-refractivity contribution in [1.29, 1.82) is 0 Å². The van der Waals surface area contributed by atoms with E-state index in [1.807, 2.05) is 24.4 Å². The first kappa shape index (κ1) is 21.2. The Balaban J connectivity index is 2.07. The Bertz CT molecular complexity index is 1180. The molecule has 2 aromatic heterocycles. The molecule has 3 rings (SSSR count). The van der Waals surface area contributed by atoms with Crippen molar-refractivity contribution in [2.45, 2.75) is 31.7 Å². The summed E-state index contributed by atoms with van der Waals surface area (Å²) in [5, 5.41) is 5.18. The maximum absolute atomic E-state index is 12.9. The number of hydrogen-bond donors (Lipinski definition) is 2. The number of fused-ring (bicyclic) bond motifs is 1. The second-order valence-electron chi connectivity index (χ2n) is 6.55. The minimum atomic E-state index is -3.69. The molecule has 0 aliphatic carbocycles. The Morgan fingerprint density at radius 1 is 1.21 bits per heavy atom. The van der Waals surface area contributed by atoms with Crippen LogP contribution in [0.2, 0.25) is 0 Å². The number of thiophene rings is 1. The van der Waals surface area contributed by atoms with E-state index in [1.165, 1.54) is 39.9 Å². The van der Waals surface area contributed by atoms with Crippen LogP contribution in [0.3, 0.4) is 0 Å². The van der Waals surface area contributed by atoms with E-state index in [9.17, 15) is 18.0 Å². The van der Waals surface area contributed by atoms with Gasteiger partial charge in [-0.1, -0.05) is 19.9 Å². The molecule has 0 radical (unpaired) electrons. The van der Waals surface area contributed by atoms with Crippen LogP contribution in [0.4, 0.5) is 0 Å². The van der Waals surface area contributed by atoms with Crippen LogP contribution < -0.4 is 10.9 Å². The van der Waals surface area contributed by atoms with Gasteiger partial charge in [0.15, 0.2) is 0 Å². The van der Waals surface area contributed by atoms with Crippen molar-refractivity contribution in [3.8, 4) is 0 Å². The minimum absolute atomic E-state index is 0.0844. The van der Waals surface area contributed by atoms with Crippen molar-refractivity contribution in [3.63, 3.8) is 0 Å². The number of aromatic amines is 1. The van der Waals surface area contributed by atoms with Crippen LogP contribution in [0.5, 0.6) is 0 Å². The number of H-pyrrole nitrogens is 1. The van der Waals surface area contributed by atoms with Gasteiger partial charge in [0, 0.05) is 34.9 Å². The number of sulfonamides is 1. The largest absolute Gasteiger partial charge is 0.345 e. The highest BCUT2D eigenvalue weighted by Crippen LogP contribution is 2.24. The first-order valence-corrected chi connectivity index (χ1v) is 11.6. The quantitative estimate of drug-likeness (QED) is 0.598. The summed E-state index contributed by atoms with van der Waals surface area (Å²) >= 11 is 1.52. The summed E-state index contributed by atoms with van der Waals surface area (Å²) in [5.41, 5.74) is 0.124. The van der Waals surface area contributed by atoms with Gasteiger partial charge in [-0.15, -0.1) is 11.3 Å². The molecule has 0 aliphatic heterocycles. The molecule has 2 N–H and O–H groups in total. The van der Waals surface area contributed by atoms with Crippen LogP contribution >= 0.6 is 11.3 Å². The summed E-state index contributed by atoms with van der Waals surface area (Å²) in [6, 6.07) is 9.19. The molecule has 1 aromatic carbocycles. The summed E-state index contributed by atoms with van der Waals surface area (Å²) in [4.78, 5) is 28.7. The summed E-state index contributed by atoms with van der Waals surface area (Å²) in [5.74, 6) is -0.431. The van der Waals surface area contributed by atoms with Crippen molar-refractivity contribution in [3.05, 3.63) is 62.6 Å². The van der Waals surface area contributed by atoms with Crippen LogP contribution in [0, 0.1) is 0 Å². The van der Waals surface area contributed by atoms with Crippen LogP contribution in [-0.2, 0) is 10.0 Å². The number of carbonyl (C=O) groups excluding carboxylic acids is 1. The zero-order chi connectivity index (χ0) is 21.2. The number of carbonyl (C=O) groups is 1. The summed E-state index contributed by atoms with van der Waals surface area (Å²) in [6.07, 6.45) is 0. The highest BCUT2D eigenvalue weighted by Gasteiger charge is 2.23. The van der Waals surface area contributed by atoms with Crippen molar-refractivity contribution in [1.82, 2.24) is 14.6 Å². The van der Waals surface area contributed by atoms with Crippen LogP contribution in [-0.4, -0.2) is 36.7 Å². The van der Waals surface area contributed by atoms with E-state index < -0.39 is 21.5 Å². The number of nitrogens with zero attached hydrogens (tertiary/aromatic N) is 1. The number of nitrogens with one attached hydrogen (secondary N) is 2. The van der Waals surface area contributed by atoms with Gasteiger partial charge in [0.2, 0.25) is 15.6 Å². The molecule has 2 heterocycles. The van der Waals surface area contributed by atoms with Gasteiger partial charge in [-0.05, 0) is 36.6 Å². The lowest BCUT2D eigenvalue weighted by atomic mass is 10.1. The summed E-state index contributed by atoms with van der Waals surface area (Å²) in [7, 11) is -3.69. The molecule has 9 heteroatoms. The molecule has 7 nitrogen and oxygen atoms in total. The standard InChI is InChI=1S/C20H23N3O4S2/c1-4-23(5-2)29(26,27)14-8-9-17-15(11-14)16(12-19(24)22-17)20(25)21-13(3)18-7-6-10-28-18/h6-13H,4-5H2,1-3H3,(H,21,25)(H,22,24)/t13-/m0/s1. The molecule has 29 heavy (non-hydrogen) atoms. The van der Waals surface area contributed by atoms with E-state index in [0.717, 1.165) is 4.88 Å². The molecule has 1 amide bonds. The SMILES string of the molecule is CCN(CC)S(=O)(=O)c1ccc2[nH]c(=O)cc(C(=O)N[C@@H](C)c3cccs3)c2c1. The molecule has 0 unspecified atom stereocenters. The lowest BCUT2D eigenvalue weighted by Crippen LogP contribution is -2.30. The second kappa shape index (κ2) is 8.48. The highest BCUT2D eigenvalue weighted by atomic mass is 32.2. The van der Waals surface area contributed by atoms with Crippen molar-refractivity contribution >= 4 is 38.2 Å². The Morgan fingerprint density at radius 3 is 2.55 bits per heavy atom. The first-order valence-electron chi connectivity index (χ1n) is 9.29. The molecular weight excluding hydrogens is 410 g/mol. The van der Waals surface area contributed by atoms with Gasteiger partial charge >= 0.3 is 0 Å². The fraction of sp³-hybridized carbons (Fsp3) is 0.300. The van der Waals surface area contributed by atoms with Crippen LogP contribution in [0.1, 0.15) is 42.0 Å². The van der Waals surface area contributed by atoms with Gasteiger partial charge in [0.25, 0.3) is 5.91 Å². The minimum Gasteiger partial charge on any atom is -0.345 e. The van der Waals surface area contributed by atoms with Gasteiger partial charge in [-0.2, -0.15) is 4.31 Å². The monoisotopic (exact) mass is 433 g/mol. The Kier molecular flexibility index (Phi) is 6.21. The summed E-state index contributed by atoms with van der Waals surface area (Å²) in [6.45, 7) is 6.08. The van der Waals surface area contributed by atoms with E-state index in [4.69, 9.17) is 0 Å². The molecule has 1 atom stereocenters. The highest BCUT2D eigenvalue weighted by molar-refractivity contribution is 7.89. The van der Waals surface area contributed by atoms with Gasteiger partial charge in [0.1, 0.15) is 0 Å². The molecule has 154 valence electrons. The second-order valence-corrected chi connectivity index (χ2v) is 9.47. The van der Waals surface area contributed by atoms with E-state index in [2.05, 4.69) is 10.3 Å².